The maximum Gasteiger partial charge on any atom is 0.306 e. The summed E-state index contributed by atoms with van der Waals surface area (Å²) in [7, 11) is 0. The summed E-state index contributed by atoms with van der Waals surface area (Å²) >= 11 is 0. The smallest absolute Gasteiger partial charge is 0.306 e. The summed E-state index contributed by atoms with van der Waals surface area (Å²) in [5, 5.41) is 12.2. The molecule has 0 aromatic carbocycles. The number of hydrogen-bond acceptors (Lipinski definition) is 3. The number of carbonyl (C=O) groups is 2. The molecule has 3 fully saturated rings. The number of carbonyl (C=O) groups excluding carboxylic acids is 1. The minimum atomic E-state index is -0.676. The zero-order chi connectivity index (χ0) is 17.6. The monoisotopic (exact) mass is 344 g/mol. The predicted molar refractivity (Wildman–Crippen MR) is 91.5 cm³/mol. The van der Waals surface area contributed by atoms with Crippen molar-refractivity contribution in [3.63, 3.8) is 0 Å². The summed E-state index contributed by atoms with van der Waals surface area (Å²) < 4.78 is 1.67. The van der Waals surface area contributed by atoms with E-state index in [1.807, 2.05) is 0 Å². The number of aromatic nitrogens is 1. The zero-order valence-electron chi connectivity index (χ0n) is 14.2. The number of nitrogens with one attached hydrogen (secondary N) is 1. The van der Waals surface area contributed by atoms with Crippen LogP contribution in [0.2, 0.25) is 0 Å². The number of pyridine rings is 1. The molecule has 0 radical (unpaired) electrons. The first-order valence-corrected chi connectivity index (χ1v) is 9.22. The van der Waals surface area contributed by atoms with Crippen LogP contribution < -0.4 is 10.9 Å². The third-order valence-electron chi connectivity index (χ3n) is 6.23. The highest BCUT2D eigenvalue weighted by molar-refractivity contribution is 5.94. The lowest BCUT2D eigenvalue weighted by Gasteiger charge is -2.51. The van der Waals surface area contributed by atoms with Gasteiger partial charge in [-0.3, -0.25) is 14.4 Å². The normalized spacial score (nSPS) is 31.4. The molecule has 1 amide bonds. The van der Waals surface area contributed by atoms with E-state index in [1.165, 1.54) is 6.07 Å². The Bertz CT molecular complexity index is 749. The Morgan fingerprint density at radius 3 is 2.40 bits per heavy atom. The second-order valence-corrected chi connectivity index (χ2v) is 8.09. The molecule has 1 heterocycles. The summed E-state index contributed by atoms with van der Waals surface area (Å²) in [6.45, 7) is 0. The third kappa shape index (κ3) is 3.22. The molecular weight excluding hydrogens is 320 g/mol. The van der Waals surface area contributed by atoms with Gasteiger partial charge in [-0.2, -0.15) is 0 Å². The Labute approximate surface area is 146 Å². The minimum Gasteiger partial charge on any atom is -0.481 e. The van der Waals surface area contributed by atoms with E-state index in [9.17, 15) is 14.4 Å². The van der Waals surface area contributed by atoms with Gasteiger partial charge in [-0.15, -0.1) is 0 Å². The number of aliphatic carboxylic acids is 1. The molecule has 0 aliphatic heterocycles. The van der Waals surface area contributed by atoms with Crippen molar-refractivity contribution < 1.29 is 14.7 Å². The maximum atomic E-state index is 12.5. The molecule has 1 aromatic heterocycles. The molecule has 134 valence electrons. The average molecular weight is 344 g/mol. The van der Waals surface area contributed by atoms with Crippen LogP contribution in [0, 0.1) is 11.3 Å². The first-order valence-electron chi connectivity index (χ1n) is 9.22. The average Bonchev–Trinajstić information content (AvgIpc) is 3.39. The lowest BCUT2D eigenvalue weighted by molar-refractivity contribution is -0.144. The highest BCUT2D eigenvalue weighted by atomic mass is 16.4. The molecule has 0 unspecified atom stereocenters. The molecule has 2 N–H and O–H groups in total. The van der Waals surface area contributed by atoms with Crippen molar-refractivity contribution in [2.24, 2.45) is 11.3 Å². The van der Waals surface area contributed by atoms with Gasteiger partial charge in [0.15, 0.2) is 0 Å². The summed E-state index contributed by atoms with van der Waals surface area (Å²) in [4.78, 5) is 35.4. The molecule has 0 bridgehead atoms. The van der Waals surface area contributed by atoms with Gasteiger partial charge in [0, 0.05) is 24.3 Å². The minimum absolute atomic E-state index is 0.0446. The molecule has 25 heavy (non-hydrogen) atoms. The molecule has 0 atom stereocenters. The molecule has 6 nitrogen and oxygen atoms in total. The summed E-state index contributed by atoms with van der Waals surface area (Å²) in [5.41, 5.74) is 0.732. The molecule has 3 aliphatic carbocycles. The standard InChI is InChI=1S/C19H24N2O4/c22-16-4-1-13(11-21(16)15-2-3-15)17(23)20-14-9-19(10-14)7-5-12(6-8-19)18(24)25/h1,4,11-12,14-15H,2-3,5-10H2,(H,20,23)(H,24,25). The fraction of sp³-hybridized carbons (Fsp3) is 0.632. The first-order chi connectivity index (χ1) is 12.0. The molecule has 3 aliphatic rings. The van der Waals surface area contributed by atoms with Crippen molar-refractivity contribution >= 4 is 11.9 Å². The lowest BCUT2D eigenvalue weighted by atomic mass is 9.57. The van der Waals surface area contributed by atoms with Crippen LogP contribution in [0.15, 0.2) is 23.1 Å². The number of carboxylic acids is 1. The Balaban J connectivity index is 1.32. The van der Waals surface area contributed by atoms with E-state index in [-0.39, 0.29) is 34.9 Å². The topological polar surface area (TPSA) is 88.4 Å². The molecule has 4 rings (SSSR count). The van der Waals surface area contributed by atoms with Gasteiger partial charge in [0.25, 0.3) is 11.5 Å². The van der Waals surface area contributed by atoms with Crippen LogP contribution in [0.4, 0.5) is 0 Å². The van der Waals surface area contributed by atoms with Gasteiger partial charge < -0.3 is 15.0 Å². The van der Waals surface area contributed by atoms with Crippen LogP contribution in [0.25, 0.3) is 0 Å². The van der Waals surface area contributed by atoms with Crippen molar-refractivity contribution in [1.82, 2.24) is 9.88 Å². The Morgan fingerprint density at radius 1 is 1.12 bits per heavy atom. The second-order valence-electron chi connectivity index (χ2n) is 8.09. The zero-order valence-corrected chi connectivity index (χ0v) is 14.2. The summed E-state index contributed by atoms with van der Waals surface area (Å²) in [6, 6.07) is 3.50. The van der Waals surface area contributed by atoms with Crippen molar-refractivity contribution in [2.45, 2.75) is 63.5 Å². The molecule has 1 aromatic rings. The molecule has 0 saturated heterocycles. The van der Waals surface area contributed by atoms with E-state index in [2.05, 4.69) is 5.32 Å². The van der Waals surface area contributed by atoms with E-state index >= 15 is 0 Å². The van der Waals surface area contributed by atoms with Gasteiger partial charge in [-0.05, 0) is 62.8 Å². The van der Waals surface area contributed by atoms with Crippen LogP contribution in [0.5, 0.6) is 0 Å². The van der Waals surface area contributed by atoms with Gasteiger partial charge in [-0.1, -0.05) is 0 Å². The number of hydrogen-bond donors (Lipinski definition) is 2. The Kier molecular flexibility index (Phi) is 3.93. The molecule has 1 spiro atoms. The fourth-order valence-electron chi connectivity index (χ4n) is 4.52. The van der Waals surface area contributed by atoms with Gasteiger partial charge in [0.05, 0.1) is 11.5 Å². The van der Waals surface area contributed by atoms with Gasteiger partial charge in [0.2, 0.25) is 0 Å². The molecule has 3 saturated carbocycles. The number of amides is 1. The maximum absolute atomic E-state index is 12.5. The number of rotatable bonds is 4. The predicted octanol–water partition coefficient (Wildman–Crippen LogP) is 2.34. The summed E-state index contributed by atoms with van der Waals surface area (Å²) in [5.74, 6) is -0.985. The Hall–Kier alpha value is -2.11. The van der Waals surface area contributed by atoms with Crippen molar-refractivity contribution in [2.75, 3.05) is 0 Å². The summed E-state index contributed by atoms with van der Waals surface area (Å²) in [6.07, 6.45) is 8.97. The van der Waals surface area contributed by atoms with Crippen molar-refractivity contribution in [3.05, 3.63) is 34.2 Å². The van der Waals surface area contributed by atoms with Gasteiger partial charge in [-0.25, -0.2) is 0 Å². The highest BCUT2D eigenvalue weighted by Crippen LogP contribution is 2.52. The third-order valence-corrected chi connectivity index (χ3v) is 6.23. The first kappa shape index (κ1) is 16.4. The quantitative estimate of drug-likeness (QED) is 0.877. The van der Waals surface area contributed by atoms with Crippen LogP contribution in [0.3, 0.4) is 0 Å². The Morgan fingerprint density at radius 2 is 1.80 bits per heavy atom. The van der Waals surface area contributed by atoms with Crippen LogP contribution in [0.1, 0.15) is 67.8 Å². The van der Waals surface area contributed by atoms with E-state index in [0.29, 0.717) is 5.56 Å². The SMILES string of the molecule is O=C(NC1CC2(CCC(C(=O)O)CC2)C1)c1ccc(=O)n(C2CC2)c1. The van der Waals surface area contributed by atoms with Gasteiger partial charge >= 0.3 is 5.97 Å². The van der Waals surface area contributed by atoms with Crippen LogP contribution >= 0.6 is 0 Å². The largest absolute Gasteiger partial charge is 0.481 e. The number of carboxylic acid groups (broad SMARTS) is 1. The highest BCUT2D eigenvalue weighted by Gasteiger charge is 2.47. The van der Waals surface area contributed by atoms with E-state index in [1.54, 1.807) is 16.8 Å². The second kappa shape index (κ2) is 6.00. The van der Waals surface area contributed by atoms with Crippen LogP contribution in [-0.2, 0) is 4.79 Å². The lowest BCUT2D eigenvalue weighted by Crippen LogP contribution is -2.52. The van der Waals surface area contributed by atoms with Crippen LogP contribution in [-0.4, -0.2) is 27.6 Å². The van der Waals surface area contributed by atoms with Crippen molar-refractivity contribution in [1.29, 1.82) is 0 Å². The van der Waals surface area contributed by atoms with E-state index in [0.717, 1.165) is 51.4 Å². The van der Waals surface area contributed by atoms with Crippen molar-refractivity contribution in [3.8, 4) is 0 Å². The van der Waals surface area contributed by atoms with E-state index < -0.39 is 5.97 Å². The number of nitrogens with zero attached hydrogens (tertiary/aromatic N) is 1. The van der Waals surface area contributed by atoms with Gasteiger partial charge in [0.1, 0.15) is 0 Å². The molecule has 6 heteroatoms. The molecular formula is C19H24N2O4. The fourth-order valence-corrected chi connectivity index (χ4v) is 4.52. The van der Waals surface area contributed by atoms with E-state index in [4.69, 9.17) is 5.11 Å².